The fourth-order valence-corrected chi connectivity index (χ4v) is 4.24. The number of carbonyl (C=O) groups excluding carboxylic acids is 2. The summed E-state index contributed by atoms with van der Waals surface area (Å²) in [7, 11) is 1.50. The molecular formula is C25H24N8O4S. The molecule has 1 fully saturated rings. The molecular weight excluding hydrogens is 508 g/mol. The molecule has 0 bridgehead atoms. The molecule has 12 nitrogen and oxygen atoms in total. The monoisotopic (exact) mass is 532 g/mol. The summed E-state index contributed by atoms with van der Waals surface area (Å²) < 4.78 is 14.3. The van der Waals surface area contributed by atoms with Crippen molar-refractivity contribution in [2.45, 2.75) is 24.3 Å². The van der Waals surface area contributed by atoms with Crippen LogP contribution in [0, 0.1) is 5.92 Å². The Hall–Kier alpha value is -4.49. The topological polar surface area (TPSA) is 170 Å². The Balaban J connectivity index is 1.36. The van der Waals surface area contributed by atoms with E-state index >= 15 is 0 Å². The van der Waals surface area contributed by atoms with Crippen molar-refractivity contribution < 1.29 is 18.8 Å². The highest BCUT2D eigenvalue weighted by Gasteiger charge is 2.30. The van der Waals surface area contributed by atoms with Crippen LogP contribution in [-0.4, -0.2) is 39.3 Å². The number of amides is 2. The Labute approximate surface area is 221 Å². The summed E-state index contributed by atoms with van der Waals surface area (Å²) >= 11 is 1.46. The lowest BCUT2D eigenvalue weighted by atomic mass is 10.1. The van der Waals surface area contributed by atoms with Crippen molar-refractivity contribution in [1.29, 1.82) is 0 Å². The molecule has 0 atom stereocenters. The van der Waals surface area contributed by atoms with Gasteiger partial charge < -0.3 is 25.6 Å². The van der Waals surface area contributed by atoms with Crippen molar-refractivity contribution >= 4 is 41.0 Å². The average Bonchev–Trinajstić information content (AvgIpc) is 3.68. The van der Waals surface area contributed by atoms with Crippen molar-refractivity contribution in [2.24, 2.45) is 11.7 Å². The van der Waals surface area contributed by atoms with E-state index in [9.17, 15) is 9.59 Å². The fraction of sp³-hybridized carbons (Fsp3) is 0.200. The Kier molecular flexibility index (Phi) is 7.47. The molecule has 0 radical (unpaired) electrons. The van der Waals surface area contributed by atoms with E-state index in [1.165, 1.54) is 25.1 Å². The summed E-state index contributed by atoms with van der Waals surface area (Å²) in [6.45, 7) is 0.354. The number of primary amides is 1. The standard InChI is InChI=1S/C25H24N8O4S/c1-36-22-16(24-30-20(37-33-24)13-27-38-15-6-3-2-4-7-15)8-5-9-17(22)28-18-12-19(29-25(35)14-10-11-14)31-32-21(18)23(26)34/h2-9,12,14,27H,10-11,13H2,1H3,(H2,26,34)(H2,28,29,31,35). The smallest absolute Gasteiger partial charge is 0.271 e. The molecule has 2 aromatic carbocycles. The zero-order valence-electron chi connectivity index (χ0n) is 20.3. The normalized spacial score (nSPS) is 12.7. The minimum Gasteiger partial charge on any atom is -0.494 e. The van der Waals surface area contributed by atoms with Crippen molar-refractivity contribution in [3.63, 3.8) is 0 Å². The molecule has 4 aromatic rings. The molecule has 2 amide bonds. The number of nitrogens with zero attached hydrogens (tertiary/aromatic N) is 4. The Morgan fingerprint density at radius 1 is 1.11 bits per heavy atom. The van der Waals surface area contributed by atoms with Gasteiger partial charge in [0, 0.05) is 16.9 Å². The fourth-order valence-electron chi connectivity index (χ4n) is 3.59. The number of methoxy groups -OCH3 is 1. The van der Waals surface area contributed by atoms with Gasteiger partial charge in [0.15, 0.2) is 17.3 Å². The van der Waals surface area contributed by atoms with Gasteiger partial charge >= 0.3 is 0 Å². The Bertz CT molecular complexity index is 1460. The van der Waals surface area contributed by atoms with E-state index < -0.39 is 5.91 Å². The Morgan fingerprint density at radius 3 is 2.66 bits per heavy atom. The first-order valence-electron chi connectivity index (χ1n) is 11.7. The van der Waals surface area contributed by atoms with Gasteiger partial charge in [-0.15, -0.1) is 10.2 Å². The zero-order valence-corrected chi connectivity index (χ0v) is 21.1. The molecule has 0 spiro atoms. The van der Waals surface area contributed by atoms with Gasteiger partial charge in [-0.05, 0) is 49.1 Å². The first kappa shape index (κ1) is 25.2. The van der Waals surface area contributed by atoms with Crippen LogP contribution in [0.1, 0.15) is 29.2 Å². The van der Waals surface area contributed by atoms with Gasteiger partial charge in [-0.3, -0.25) is 14.3 Å². The van der Waals surface area contributed by atoms with E-state index in [2.05, 4.69) is 35.7 Å². The first-order chi connectivity index (χ1) is 18.5. The minimum atomic E-state index is -0.779. The van der Waals surface area contributed by atoms with Crippen molar-refractivity contribution in [3.05, 3.63) is 66.2 Å². The quantitative estimate of drug-likeness (QED) is 0.208. The van der Waals surface area contributed by atoms with Gasteiger partial charge in [0.2, 0.25) is 17.6 Å². The largest absolute Gasteiger partial charge is 0.494 e. The molecule has 5 rings (SSSR count). The molecule has 1 saturated carbocycles. The number of nitrogens with one attached hydrogen (secondary N) is 3. The van der Waals surface area contributed by atoms with Crippen molar-refractivity contribution in [3.8, 4) is 17.1 Å². The second-order valence-electron chi connectivity index (χ2n) is 8.38. The minimum absolute atomic E-state index is 0.0206. The number of nitrogens with two attached hydrogens (primary N) is 1. The van der Waals surface area contributed by atoms with Gasteiger partial charge in [-0.25, -0.2) is 0 Å². The second kappa shape index (κ2) is 11.3. The third kappa shape index (κ3) is 5.90. The van der Waals surface area contributed by atoms with Crippen LogP contribution >= 0.6 is 11.9 Å². The van der Waals surface area contributed by atoms with E-state index in [1.807, 2.05) is 30.3 Å². The number of hydrogen-bond acceptors (Lipinski definition) is 11. The van der Waals surface area contributed by atoms with Crippen LogP contribution in [0.15, 0.2) is 64.0 Å². The van der Waals surface area contributed by atoms with Crippen molar-refractivity contribution in [1.82, 2.24) is 25.1 Å². The summed E-state index contributed by atoms with van der Waals surface area (Å²) in [6, 6.07) is 16.7. The Morgan fingerprint density at radius 2 is 1.92 bits per heavy atom. The highest BCUT2D eigenvalue weighted by molar-refractivity contribution is 7.97. The predicted molar refractivity (Wildman–Crippen MR) is 141 cm³/mol. The van der Waals surface area contributed by atoms with E-state index in [4.69, 9.17) is 15.0 Å². The number of hydrogen-bond donors (Lipinski definition) is 4. The van der Waals surface area contributed by atoms with Crippen LogP contribution in [0.5, 0.6) is 5.75 Å². The van der Waals surface area contributed by atoms with Gasteiger partial charge in [-0.1, -0.05) is 29.4 Å². The van der Waals surface area contributed by atoms with E-state index in [0.29, 0.717) is 35.3 Å². The van der Waals surface area contributed by atoms with Crippen molar-refractivity contribution in [2.75, 3.05) is 17.7 Å². The molecule has 13 heteroatoms. The van der Waals surface area contributed by atoms with E-state index in [1.54, 1.807) is 18.2 Å². The van der Waals surface area contributed by atoms with Crippen LogP contribution in [0.2, 0.25) is 0 Å². The van der Waals surface area contributed by atoms with E-state index in [-0.39, 0.29) is 29.0 Å². The van der Waals surface area contributed by atoms with Crippen LogP contribution in [0.25, 0.3) is 11.4 Å². The molecule has 2 aromatic heterocycles. The molecule has 1 aliphatic rings. The number of ether oxygens (including phenoxy) is 1. The molecule has 0 unspecified atom stereocenters. The zero-order chi connectivity index (χ0) is 26.5. The summed E-state index contributed by atoms with van der Waals surface area (Å²) in [6.07, 6.45) is 1.68. The second-order valence-corrected chi connectivity index (χ2v) is 9.34. The van der Waals surface area contributed by atoms with Gasteiger partial charge in [0.05, 0.1) is 30.6 Å². The summed E-state index contributed by atoms with van der Waals surface area (Å²) in [5, 5.41) is 17.8. The third-order valence-corrected chi connectivity index (χ3v) is 6.38. The number of carbonyl (C=O) groups is 2. The van der Waals surface area contributed by atoms with Crippen LogP contribution in [0.4, 0.5) is 17.2 Å². The third-order valence-electron chi connectivity index (χ3n) is 5.58. The van der Waals surface area contributed by atoms with Gasteiger partial charge in [0.25, 0.3) is 5.91 Å². The maximum absolute atomic E-state index is 12.2. The van der Waals surface area contributed by atoms with Crippen LogP contribution < -0.4 is 25.8 Å². The lowest BCUT2D eigenvalue weighted by Gasteiger charge is -2.15. The van der Waals surface area contributed by atoms with Gasteiger partial charge in [-0.2, -0.15) is 4.98 Å². The maximum Gasteiger partial charge on any atom is 0.271 e. The molecule has 1 aliphatic carbocycles. The molecule has 194 valence electrons. The number of rotatable bonds is 11. The summed E-state index contributed by atoms with van der Waals surface area (Å²) in [4.78, 5) is 29.7. The van der Waals surface area contributed by atoms with Crippen LogP contribution in [0.3, 0.4) is 0 Å². The highest BCUT2D eigenvalue weighted by atomic mass is 32.2. The van der Waals surface area contributed by atoms with Gasteiger partial charge in [0.1, 0.15) is 0 Å². The molecule has 38 heavy (non-hydrogen) atoms. The van der Waals surface area contributed by atoms with Crippen LogP contribution in [-0.2, 0) is 11.3 Å². The summed E-state index contributed by atoms with van der Waals surface area (Å²) in [5.41, 5.74) is 6.72. The lowest BCUT2D eigenvalue weighted by Crippen LogP contribution is -2.19. The average molecular weight is 533 g/mol. The van der Waals surface area contributed by atoms with E-state index in [0.717, 1.165) is 17.7 Å². The molecule has 0 saturated heterocycles. The SMILES string of the molecule is COc1c(Nc2cc(NC(=O)C3CC3)nnc2C(N)=O)cccc1-c1noc(CNSc2ccccc2)n1. The summed E-state index contributed by atoms with van der Waals surface area (Å²) in [5.74, 6) is 0.393. The molecule has 5 N–H and O–H groups in total. The lowest BCUT2D eigenvalue weighted by molar-refractivity contribution is -0.117. The number of benzene rings is 2. The number of anilines is 3. The maximum atomic E-state index is 12.2. The molecule has 2 heterocycles. The number of aromatic nitrogens is 4. The highest BCUT2D eigenvalue weighted by Crippen LogP contribution is 2.37. The first-order valence-corrected chi connectivity index (χ1v) is 12.5. The molecule has 0 aliphatic heterocycles. The predicted octanol–water partition coefficient (Wildman–Crippen LogP) is 3.52. The number of para-hydroxylation sites is 1.